The fourth-order valence-corrected chi connectivity index (χ4v) is 3.59. The Labute approximate surface area is 114 Å². The lowest BCUT2D eigenvalue weighted by Crippen LogP contribution is -2.34. The van der Waals surface area contributed by atoms with Gasteiger partial charge in [0.25, 0.3) is 0 Å². The Balaban J connectivity index is 1.89. The summed E-state index contributed by atoms with van der Waals surface area (Å²) in [6, 6.07) is 8.90. The van der Waals surface area contributed by atoms with Gasteiger partial charge in [0, 0.05) is 31.5 Å². The lowest BCUT2D eigenvalue weighted by atomic mass is 9.88. The number of nitrogens with zero attached hydrogens (tertiary/aromatic N) is 1. The maximum absolute atomic E-state index is 12.2. The summed E-state index contributed by atoms with van der Waals surface area (Å²) >= 11 is 0. The molecule has 0 radical (unpaired) electrons. The van der Waals surface area contributed by atoms with Gasteiger partial charge in [0.05, 0.1) is 0 Å². The number of hydrogen-bond acceptors (Lipinski definition) is 2. The summed E-state index contributed by atoms with van der Waals surface area (Å²) in [6.07, 6.45) is 5.51. The van der Waals surface area contributed by atoms with Gasteiger partial charge in [0.1, 0.15) is 0 Å². The molecular weight excluding hydrogens is 236 g/mol. The molecule has 3 nitrogen and oxygen atoms in total. The van der Waals surface area contributed by atoms with Gasteiger partial charge in [-0.05, 0) is 24.0 Å². The third-order valence-corrected chi connectivity index (χ3v) is 4.59. The molecule has 102 valence electrons. The molecule has 2 atom stereocenters. The minimum absolute atomic E-state index is 0.343. The van der Waals surface area contributed by atoms with Gasteiger partial charge in [-0.3, -0.25) is 4.79 Å². The van der Waals surface area contributed by atoms with Crippen molar-refractivity contribution in [3.05, 3.63) is 35.4 Å². The Hall–Kier alpha value is -1.35. The first-order chi connectivity index (χ1) is 9.29. The van der Waals surface area contributed by atoms with Crippen LogP contribution < -0.4 is 5.73 Å². The van der Waals surface area contributed by atoms with E-state index in [0.717, 1.165) is 24.9 Å². The summed E-state index contributed by atoms with van der Waals surface area (Å²) in [7, 11) is 0. The molecule has 2 fully saturated rings. The average Bonchev–Trinajstić information content (AvgIpc) is 2.64. The molecule has 0 aliphatic carbocycles. The standard InChI is InChI=1S/C16H22N2O/c17-11-12-5-4-6-13(9-12)14-10-16(19)18-8-3-1-2-7-15(14)18/h4-6,9,14-15H,1-3,7-8,10-11,17H2. The predicted molar refractivity (Wildman–Crippen MR) is 75.7 cm³/mol. The molecule has 2 saturated heterocycles. The highest BCUT2D eigenvalue weighted by molar-refractivity contribution is 5.80. The van der Waals surface area contributed by atoms with E-state index in [9.17, 15) is 4.79 Å². The number of rotatable bonds is 2. The number of hydrogen-bond donors (Lipinski definition) is 1. The van der Waals surface area contributed by atoms with Crippen molar-refractivity contribution in [1.29, 1.82) is 0 Å². The Morgan fingerprint density at radius 2 is 2.16 bits per heavy atom. The highest BCUT2D eigenvalue weighted by atomic mass is 16.2. The fraction of sp³-hybridized carbons (Fsp3) is 0.562. The van der Waals surface area contributed by atoms with Gasteiger partial charge in [-0.1, -0.05) is 37.1 Å². The Bertz CT molecular complexity index is 472. The van der Waals surface area contributed by atoms with Crippen LogP contribution in [-0.4, -0.2) is 23.4 Å². The van der Waals surface area contributed by atoms with E-state index in [0.29, 0.717) is 30.8 Å². The zero-order chi connectivity index (χ0) is 13.2. The summed E-state index contributed by atoms with van der Waals surface area (Å²) in [4.78, 5) is 14.3. The zero-order valence-electron chi connectivity index (χ0n) is 11.3. The molecule has 2 aliphatic rings. The van der Waals surface area contributed by atoms with Crippen molar-refractivity contribution >= 4 is 5.91 Å². The molecule has 2 N–H and O–H groups in total. The monoisotopic (exact) mass is 258 g/mol. The van der Waals surface area contributed by atoms with Crippen molar-refractivity contribution < 1.29 is 4.79 Å². The van der Waals surface area contributed by atoms with Crippen LogP contribution in [0, 0.1) is 0 Å². The van der Waals surface area contributed by atoms with Crippen LogP contribution >= 0.6 is 0 Å². The molecule has 2 heterocycles. The third kappa shape index (κ3) is 2.39. The Kier molecular flexibility index (Phi) is 3.56. The summed E-state index contributed by atoms with van der Waals surface area (Å²) in [6.45, 7) is 1.53. The van der Waals surface area contributed by atoms with Crippen LogP contribution in [0.1, 0.15) is 49.1 Å². The molecule has 3 rings (SSSR count). The van der Waals surface area contributed by atoms with Crippen molar-refractivity contribution in [2.24, 2.45) is 5.73 Å². The molecule has 3 heteroatoms. The maximum atomic E-state index is 12.2. The molecule has 1 aromatic carbocycles. The van der Waals surface area contributed by atoms with Gasteiger partial charge in [0.15, 0.2) is 0 Å². The first-order valence-corrected chi connectivity index (χ1v) is 7.38. The molecule has 0 bridgehead atoms. The highest BCUT2D eigenvalue weighted by Crippen LogP contribution is 2.38. The lowest BCUT2D eigenvalue weighted by molar-refractivity contribution is -0.128. The van der Waals surface area contributed by atoms with Crippen LogP contribution in [0.5, 0.6) is 0 Å². The molecule has 19 heavy (non-hydrogen) atoms. The van der Waals surface area contributed by atoms with Crippen LogP contribution in [0.15, 0.2) is 24.3 Å². The molecule has 2 aliphatic heterocycles. The molecule has 0 aromatic heterocycles. The summed E-state index contributed by atoms with van der Waals surface area (Å²) in [5.74, 6) is 0.715. The van der Waals surface area contributed by atoms with Crippen molar-refractivity contribution in [2.75, 3.05) is 6.54 Å². The van der Waals surface area contributed by atoms with Gasteiger partial charge >= 0.3 is 0 Å². The van der Waals surface area contributed by atoms with E-state index in [1.165, 1.54) is 18.4 Å². The van der Waals surface area contributed by atoms with Gasteiger partial charge in [-0.15, -0.1) is 0 Å². The molecular formula is C16H22N2O. The zero-order valence-corrected chi connectivity index (χ0v) is 11.3. The second kappa shape index (κ2) is 5.33. The SMILES string of the molecule is NCc1cccc(C2CC(=O)N3CCCCCC23)c1. The summed E-state index contributed by atoms with van der Waals surface area (Å²) in [5.41, 5.74) is 8.18. The van der Waals surface area contributed by atoms with E-state index >= 15 is 0 Å². The third-order valence-electron chi connectivity index (χ3n) is 4.59. The molecule has 0 spiro atoms. The van der Waals surface area contributed by atoms with Crippen LogP contribution in [0.3, 0.4) is 0 Å². The minimum atomic E-state index is 0.343. The topological polar surface area (TPSA) is 46.3 Å². The predicted octanol–water partition coefficient (Wildman–Crippen LogP) is 2.40. The van der Waals surface area contributed by atoms with E-state index in [1.54, 1.807) is 0 Å². The smallest absolute Gasteiger partial charge is 0.223 e. The van der Waals surface area contributed by atoms with Crippen molar-refractivity contribution in [3.8, 4) is 0 Å². The lowest BCUT2D eigenvalue weighted by Gasteiger charge is -2.26. The second-order valence-electron chi connectivity index (χ2n) is 5.76. The van der Waals surface area contributed by atoms with Gasteiger partial charge in [-0.2, -0.15) is 0 Å². The van der Waals surface area contributed by atoms with Gasteiger partial charge in [0.2, 0.25) is 5.91 Å². The van der Waals surface area contributed by atoms with Gasteiger partial charge < -0.3 is 10.6 Å². The second-order valence-corrected chi connectivity index (χ2v) is 5.76. The van der Waals surface area contributed by atoms with Crippen LogP contribution in [0.4, 0.5) is 0 Å². The Morgan fingerprint density at radius 3 is 3.00 bits per heavy atom. The normalized spacial score (nSPS) is 27.2. The van der Waals surface area contributed by atoms with Crippen LogP contribution in [0.25, 0.3) is 0 Å². The largest absolute Gasteiger partial charge is 0.339 e. The molecule has 1 amide bonds. The maximum Gasteiger partial charge on any atom is 0.223 e. The quantitative estimate of drug-likeness (QED) is 0.885. The fourth-order valence-electron chi connectivity index (χ4n) is 3.59. The van der Waals surface area contributed by atoms with E-state index in [4.69, 9.17) is 5.73 Å². The number of carbonyl (C=O) groups is 1. The number of benzene rings is 1. The van der Waals surface area contributed by atoms with E-state index in [1.807, 2.05) is 0 Å². The minimum Gasteiger partial charge on any atom is -0.339 e. The van der Waals surface area contributed by atoms with Crippen molar-refractivity contribution in [2.45, 2.75) is 50.6 Å². The summed E-state index contributed by atoms with van der Waals surface area (Å²) < 4.78 is 0. The molecule has 1 aromatic rings. The molecule has 0 saturated carbocycles. The first kappa shape index (κ1) is 12.7. The van der Waals surface area contributed by atoms with Crippen LogP contribution in [0.2, 0.25) is 0 Å². The number of nitrogens with two attached hydrogens (primary N) is 1. The number of amides is 1. The van der Waals surface area contributed by atoms with Gasteiger partial charge in [-0.25, -0.2) is 0 Å². The average molecular weight is 258 g/mol. The number of carbonyl (C=O) groups excluding carboxylic acids is 1. The van der Waals surface area contributed by atoms with Crippen LogP contribution in [-0.2, 0) is 11.3 Å². The molecule has 2 unspecified atom stereocenters. The Morgan fingerprint density at radius 1 is 1.26 bits per heavy atom. The van der Waals surface area contributed by atoms with E-state index in [-0.39, 0.29) is 0 Å². The first-order valence-electron chi connectivity index (χ1n) is 7.38. The van der Waals surface area contributed by atoms with E-state index in [2.05, 4.69) is 29.2 Å². The summed E-state index contributed by atoms with van der Waals surface area (Å²) in [5, 5.41) is 0. The highest BCUT2D eigenvalue weighted by Gasteiger charge is 2.40. The number of fused-ring (bicyclic) bond motifs is 1. The van der Waals surface area contributed by atoms with E-state index < -0.39 is 0 Å². The van der Waals surface area contributed by atoms with Crippen molar-refractivity contribution in [1.82, 2.24) is 4.90 Å². The van der Waals surface area contributed by atoms with Crippen molar-refractivity contribution in [3.63, 3.8) is 0 Å².